The largest absolute Gasteiger partial charge is 0.508 e. The summed E-state index contributed by atoms with van der Waals surface area (Å²) in [4.78, 5) is 0. The smallest absolute Gasteiger partial charge is 0.115 e. The van der Waals surface area contributed by atoms with Gasteiger partial charge in [-0.15, -0.1) is 0 Å². The monoisotopic (exact) mass is 273 g/mol. The number of phenols is 1. The normalized spacial score (nSPS) is 12.6. The Kier molecular flexibility index (Phi) is 4.45. The molecule has 4 nitrogen and oxygen atoms in total. The molecule has 108 valence electrons. The van der Waals surface area contributed by atoms with Crippen molar-refractivity contribution >= 4 is 0 Å². The molecule has 0 amide bonds. The molecule has 2 rings (SSSR count). The molecular formula is C16H23N3O. The highest BCUT2D eigenvalue weighted by atomic mass is 16.3. The fourth-order valence-electron chi connectivity index (χ4n) is 2.36. The summed E-state index contributed by atoms with van der Waals surface area (Å²) in [6.45, 7) is 6.96. The molecule has 1 unspecified atom stereocenters. The van der Waals surface area contributed by atoms with Gasteiger partial charge in [0.2, 0.25) is 0 Å². The summed E-state index contributed by atoms with van der Waals surface area (Å²) < 4.78 is 2.01. The molecule has 0 saturated heterocycles. The number of aromatic hydroxyl groups is 1. The summed E-state index contributed by atoms with van der Waals surface area (Å²) in [6.07, 6.45) is 1.85. The first-order valence-electron chi connectivity index (χ1n) is 7.07. The zero-order chi connectivity index (χ0) is 14.7. The maximum atomic E-state index is 9.32. The second-order valence-corrected chi connectivity index (χ2v) is 5.35. The van der Waals surface area contributed by atoms with E-state index < -0.39 is 0 Å². The number of hydrogen-bond acceptors (Lipinski definition) is 3. The third kappa shape index (κ3) is 3.20. The summed E-state index contributed by atoms with van der Waals surface area (Å²) in [7, 11) is 0. The molecule has 0 bridgehead atoms. The van der Waals surface area contributed by atoms with Gasteiger partial charge >= 0.3 is 0 Å². The van der Waals surface area contributed by atoms with Gasteiger partial charge in [0.05, 0.1) is 12.2 Å². The lowest BCUT2D eigenvalue weighted by molar-refractivity contribution is 0.475. The molecule has 4 heteroatoms. The molecule has 1 atom stereocenters. The van der Waals surface area contributed by atoms with Gasteiger partial charge in [-0.3, -0.25) is 4.68 Å². The average Bonchev–Trinajstić information content (AvgIpc) is 2.69. The summed E-state index contributed by atoms with van der Waals surface area (Å²) in [6, 6.07) is 7.44. The van der Waals surface area contributed by atoms with Crippen molar-refractivity contribution in [3.63, 3.8) is 0 Å². The minimum atomic E-state index is 0.193. The van der Waals surface area contributed by atoms with E-state index in [1.54, 1.807) is 12.1 Å². The van der Waals surface area contributed by atoms with Crippen molar-refractivity contribution in [2.75, 3.05) is 0 Å². The van der Waals surface area contributed by atoms with Gasteiger partial charge in [-0.05, 0) is 49.9 Å². The molecule has 1 aromatic heterocycles. The van der Waals surface area contributed by atoms with Crippen molar-refractivity contribution in [3.05, 3.63) is 46.8 Å². The standard InChI is InChI=1S/C16H23N3O/c1-4-14(17)9-16-11(2)18-19(12(16)3)10-13-5-7-15(20)8-6-13/h5-8,14,20H,4,9-10,17H2,1-3H3. The molecule has 0 spiro atoms. The van der Waals surface area contributed by atoms with E-state index in [-0.39, 0.29) is 11.8 Å². The molecule has 2 aromatic rings. The van der Waals surface area contributed by atoms with E-state index in [0.29, 0.717) is 6.54 Å². The van der Waals surface area contributed by atoms with Crippen LogP contribution in [0.3, 0.4) is 0 Å². The first-order chi connectivity index (χ1) is 9.51. The molecule has 0 radical (unpaired) electrons. The zero-order valence-corrected chi connectivity index (χ0v) is 12.4. The average molecular weight is 273 g/mol. The third-order valence-corrected chi connectivity index (χ3v) is 3.79. The molecule has 0 fully saturated rings. The van der Waals surface area contributed by atoms with Gasteiger partial charge < -0.3 is 10.8 Å². The Morgan fingerprint density at radius 1 is 1.25 bits per heavy atom. The van der Waals surface area contributed by atoms with E-state index in [9.17, 15) is 5.11 Å². The molecule has 1 aromatic carbocycles. The van der Waals surface area contributed by atoms with Crippen molar-refractivity contribution in [3.8, 4) is 5.75 Å². The first kappa shape index (κ1) is 14.6. The highest BCUT2D eigenvalue weighted by molar-refractivity contribution is 5.29. The van der Waals surface area contributed by atoms with Gasteiger partial charge in [-0.1, -0.05) is 19.1 Å². The molecule has 0 aliphatic rings. The third-order valence-electron chi connectivity index (χ3n) is 3.79. The number of hydrogen-bond donors (Lipinski definition) is 2. The van der Waals surface area contributed by atoms with Crippen LogP contribution >= 0.6 is 0 Å². The number of benzene rings is 1. The van der Waals surface area contributed by atoms with Gasteiger partial charge in [-0.2, -0.15) is 5.10 Å². The fourth-order valence-corrected chi connectivity index (χ4v) is 2.36. The highest BCUT2D eigenvalue weighted by Crippen LogP contribution is 2.18. The van der Waals surface area contributed by atoms with Gasteiger partial charge in [0.15, 0.2) is 0 Å². The van der Waals surface area contributed by atoms with E-state index in [1.807, 2.05) is 23.7 Å². The fraction of sp³-hybridized carbons (Fsp3) is 0.438. The van der Waals surface area contributed by atoms with E-state index >= 15 is 0 Å². The van der Waals surface area contributed by atoms with Crippen molar-refractivity contribution in [2.24, 2.45) is 5.73 Å². The quantitative estimate of drug-likeness (QED) is 0.880. The van der Waals surface area contributed by atoms with Crippen LogP contribution in [0.1, 0.15) is 35.9 Å². The Labute approximate surface area is 120 Å². The molecule has 0 saturated carbocycles. The van der Waals surface area contributed by atoms with Crippen molar-refractivity contribution in [1.29, 1.82) is 0 Å². The lowest BCUT2D eigenvalue weighted by atomic mass is 10.0. The topological polar surface area (TPSA) is 64.1 Å². The Morgan fingerprint density at radius 3 is 2.50 bits per heavy atom. The summed E-state index contributed by atoms with van der Waals surface area (Å²) >= 11 is 0. The number of aromatic nitrogens is 2. The maximum absolute atomic E-state index is 9.32. The van der Waals surface area contributed by atoms with Gasteiger partial charge in [0, 0.05) is 11.7 Å². The second kappa shape index (κ2) is 6.09. The summed E-state index contributed by atoms with van der Waals surface area (Å²) in [5.74, 6) is 0.289. The number of rotatable bonds is 5. The number of aryl methyl sites for hydroxylation is 1. The van der Waals surface area contributed by atoms with Crippen LogP contribution in [-0.4, -0.2) is 20.9 Å². The maximum Gasteiger partial charge on any atom is 0.115 e. The Hall–Kier alpha value is -1.81. The first-order valence-corrected chi connectivity index (χ1v) is 7.07. The van der Waals surface area contributed by atoms with Gasteiger partial charge in [0.1, 0.15) is 5.75 Å². The second-order valence-electron chi connectivity index (χ2n) is 5.35. The van der Waals surface area contributed by atoms with Gasteiger partial charge in [0.25, 0.3) is 0 Å². The van der Waals surface area contributed by atoms with Crippen LogP contribution in [0.5, 0.6) is 5.75 Å². The lowest BCUT2D eigenvalue weighted by Crippen LogP contribution is -2.22. The van der Waals surface area contributed by atoms with Crippen molar-refractivity contribution < 1.29 is 5.11 Å². The van der Waals surface area contributed by atoms with Crippen LogP contribution in [0, 0.1) is 13.8 Å². The predicted octanol–water partition coefficient (Wildman–Crippen LogP) is 2.53. The number of nitrogens with two attached hydrogens (primary N) is 1. The highest BCUT2D eigenvalue weighted by Gasteiger charge is 2.14. The minimum Gasteiger partial charge on any atom is -0.508 e. The van der Waals surface area contributed by atoms with Gasteiger partial charge in [-0.25, -0.2) is 0 Å². The Morgan fingerprint density at radius 2 is 1.90 bits per heavy atom. The van der Waals surface area contributed by atoms with Crippen LogP contribution in [0.4, 0.5) is 0 Å². The number of phenolic OH excluding ortho intramolecular Hbond substituents is 1. The van der Waals surface area contributed by atoms with Crippen LogP contribution < -0.4 is 5.73 Å². The minimum absolute atomic E-state index is 0.193. The van der Waals surface area contributed by atoms with Crippen molar-refractivity contribution in [2.45, 2.75) is 46.2 Å². The lowest BCUT2D eigenvalue weighted by Gasteiger charge is -2.09. The SMILES string of the molecule is CCC(N)Cc1c(C)nn(Cc2ccc(O)cc2)c1C. The molecule has 20 heavy (non-hydrogen) atoms. The van der Waals surface area contributed by atoms with Crippen molar-refractivity contribution in [1.82, 2.24) is 9.78 Å². The summed E-state index contributed by atoms with van der Waals surface area (Å²) in [5, 5.41) is 13.9. The van der Waals surface area contributed by atoms with Crippen LogP contribution in [-0.2, 0) is 13.0 Å². The molecule has 1 heterocycles. The van der Waals surface area contributed by atoms with E-state index in [2.05, 4.69) is 18.9 Å². The molecule has 0 aliphatic carbocycles. The number of nitrogens with zero attached hydrogens (tertiary/aromatic N) is 2. The molecule has 3 N–H and O–H groups in total. The van der Waals surface area contributed by atoms with E-state index in [0.717, 1.165) is 24.1 Å². The van der Waals surface area contributed by atoms with E-state index in [1.165, 1.54) is 11.3 Å². The predicted molar refractivity (Wildman–Crippen MR) is 80.9 cm³/mol. The van der Waals surface area contributed by atoms with E-state index in [4.69, 9.17) is 5.73 Å². The Bertz CT molecular complexity index is 572. The van der Waals surface area contributed by atoms with Crippen LogP contribution in [0.25, 0.3) is 0 Å². The molecular weight excluding hydrogens is 250 g/mol. The van der Waals surface area contributed by atoms with Crippen LogP contribution in [0.2, 0.25) is 0 Å². The summed E-state index contributed by atoms with van der Waals surface area (Å²) in [5.41, 5.74) is 10.7. The Balaban J connectivity index is 2.21. The van der Waals surface area contributed by atoms with Crippen LogP contribution in [0.15, 0.2) is 24.3 Å². The zero-order valence-electron chi connectivity index (χ0n) is 12.4. The molecule has 0 aliphatic heterocycles.